The number of nitrogens with zero attached hydrogens (tertiary/aromatic N) is 3. The third-order valence-corrected chi connectivity index (χ3v) is 5.42. The van der Waals surface area contributed by atoms with Crippen LogP contribution in [0.3, 0.4) is 0 Å². The second-order valence-electron chi connectivity index (χ2n) is 7.19. The van der Waals surface area contributed by atoms with Crippen molar-refractivity contribution >= 4 is 0 Å². The first-order chi connectivity index (χ1) is 11.6. The van der Waals surface area contributed by atoms with E-state index in [0.29, 0.717) is 6.07 Å². The van der Waals surface area contributed by atoms with Crippen LogP contribution >= 0.6 is 0 Å². The Morgan fingerprint density at radius 1 is 1.20 bits per heavy atom. The van der Waals surface area contributed by atoms with Crippen molar-refractivity contribution in [1.29, 1.82) is 0 Å². The molecule has 0 saturated heterocycles. The van der Waals surface area contributed by atoms with Gasteiger partial charge in [0.1, 0.15) is 24.3 Å². The Morgan fingerprint density at radius 3 is 2.40 bits per heavy atom. The smallest absolute Gasteiger partial charge is 0.288 e. The van der Waals surface area contributed by atoms with Crippen LogP contribution in [0.1, 0.15) is 24.8 Å². The largest absolute Gasteiger partial charge is 0.390 e. The number of benzene rings is 1. The van der Waals surface area contributed by atoms with Crippen LogP contribution in [-0.2, 0) is 12.1 Å². The molecule has 5 rings (SSSR count). The predicted octanol–water partition coefficient (Wildman–Crippen LogP) is 1.99. The first-order valence-corrected chi connectivity index (χ1v) is 7.72. The van der Waals surface area contributed by atoms with E-state index in [1.54, 1.807) is 0 Å². The molecule has 0 aliphatic heterocycles. The molecule has 25 heavy (non-hydrogen) atoms. The summed E-state index contributed by atoms with van der Waals surface area (Å²) in [5.41, 5.74) is -6.43. The van der Waals surface area contributed by atoms with Crippen molar-refractivity contribution in [3.8, 4) is 0 Å². The van der Waals surface area contributed by atoms with E-state index >= 15 is 8.78 Å². The molecule has 1 aromatic heterocycles. The van der Waals surface area contributed by atoms with Gasteiger partial charge in [0, 0.05) is 17.0 Å². The molecule has 9 heteroatoms. The summed E-state index contributed by atoms with van der Waals surface area (Å²) < 4.78 is 59.2. The second-order valence-corrected chi connectivity index (χ2v) is 7.19. The molecule has 0 unspecified atom stereocenters. The molecule has 3 saturated carbocycles. The number of aromatic nitrogens is 3. The van der Waals surface area contributed by atoms with E-state index in [0.717, 1.165) is 29.5 Å². The summed E-state index contributed by atoms with van der Waals surface area (Å²) in [4.78, 5) is 3.64. The molecule has 2 bridgehead atoms. The molecule has 3 aliphatic rings. The van der Waals surface area contributed by atoms with Gasteiger partial charge in [0.15, 0.2) is 5.60 Å². The lowest BCUT2D eigenvalue weighted by atomic mass is 9.37. The molecule has 2 aromatic rings. The molecular weight excluding hydrogens is 342 g/mol. The van der Waals surface area contributed by atoms with Crippen LogP contribution in [-0.4, -0.2) is 36.5 Å². The van der Waals surface area contributed by atoms with Gasteiger partial charge in [0.2, 0.25) is 0 Å². The van der Waals surface area contributed by atoms with Gasteiger partial charge < -0.3 is 10.2 Å². The number of alkyl halides is 2. The summed E-state index contributed by atoms with van der Waals surface area (Å²) >= 11 is 0. The third-order valence-electron chi connectivity index (χ3n) is 5.42. The van der Waals surface area contributed by atoms with E-state index < -0.39 is 46.3 Å². The maximum atomic E-state index is 15.4. The summed E-state index contributed by atoms with van der Waals surface area (Å²) in [5, 5.41) is 24.5. The van der Waals surface area contributed by atoms with Gasteiger partial charge in [-0.2, -0.15) is 5.10 Å². The van der Waals surface area contributed by atoms with E-state index in [1.807, 2.05) is 0 Å². The number of rotatable bonds is 5. The van der Waals surface area contributed by atoms with Gasteiger partial charge in [-0.25, -0.2) is 27.2 Å². The molecule has 3 aliphatic carbocycles. The van der Waals surface area contributed by atoms with E-state index in [2.05, 4.69) is 10.1 Å². The first kappa shape index (κ1) is 16.5. The van der Waals surface area contributed by atoms with Crippen LogP contribution < -0.4 is 0 Å². The van der Waals surface area contributed by atoms with Crippen molar-refractivity contribution in [2.75, 3.05) is 0 Å². The zero-order valence-corrected chi connectivity index (χ0v) is 13.0. The number of aliphatic hydroxyl groups is 2. The van der Waals surface area contributed by atoms with Gasteiger partial charge in [-0.15, -0.1) is 0 Å². The number of hydrogen-bond donors (Lipinski definition) is 2. The zero-order valence-electron chi connectivity index (χ0n) is 13.0. The van der Waals surface area contributed by atoms with Crippen LogP contribution in [0.25, 0.3) is 0 Å². The highest BCUT2D eigenvalue weighted by molar-refractivity contribution is 5.34. The van der Waals surface area contributed by atoms with Crippen LogP contribution in [0.5, 0.6) is 0 Å². The van der Waals surface area contributed by atoms with Gasteiger partial charge >= 0.3 is 0 Å². The van der Waals surface area contributed by atoms with Crippen LogP contribution in [0.15, 0.2) is 30.9 Å². The molecular formula is C16H15F4N3O2. The van der Waals surface area contributed by atoms with Crippen molar-refractivity contribution in [2.45, 2.75) is 42.9 Å². The van der Waals surface area contributed by atoms with Gasteiger partial charge in [0.25, 0.3) is 5.92 Å². The second kappa shape index (κ2) is 4.79. The Labute approximate surface area is 139 Å². The van der Waals surface area contributed by atoms with Crippen LogP contribution in [0.4, 0.5) is 17.6 Å². The molecule has 0 spiro atoms. The fraction of sp³-hybridized carbons (Fsp3) is 0.500. The van der Waals surface area contributed by atoms with Crippen LogP contribution in [0.2, 0.25) is 0 Å². The summed E-state index contributed by atoms with van der Waals surface area (Å²) in [6, 6.07) is 2.08. The first-order valence-electron chi connectivity index (χ1n) is 7.72. The number of hydrogen-bond acceptors (Lipinski definition) is 4. The fourth-order valence-electron chi connectivity index (χ4n) is 4.23. The minimum atomic E-state index is -3.77. The predicted molar refractivity (Wildman–Crippen MR) is 76.5 cm³/mol. The highest BCUT2D eigenvalue weighted by Crippen LogP contribution is 2.75. The average Bonchev–Trinajstić information content (AvgIpc) is 2.95. The fourth-order valence-corrected chi connectivity index (χ4v) is 4.23. The van der Waals surface area contributed by atoms with Gasteiger partial charge in [-0.3, -0.25) is 0 Å². The molecule has 0 radical (unpaired) electrons. The van der Waals surface area contributed by atoms with E-state index in [-0.39, 0.29) is 19.3 Å². The van der Waals surface area contributed by atoms with Crippen molar-refractivity contribution in [3.63, 3.8) is 0 Å². The van der Waals surface area contributed by atoms with Crippen molar-refractivity contribution < 1.29 is 27.8 Å². The van der Waals surface area contributed by atoms with E-state index in [1.165, 1.54) is 0 Å². The highest BCUT2D eigenvalue weighted by atomic mass is 19.3. The lowest BCUT2D eigenvalue weighted by Gasteiger charge is -2.71. The maximum Gasteiger partial charge on any atom is 0.288 e. The standard InChI is InChI=1S/C16H15F4N3O2/c17-10-1-2-11(12(18)3-10)15(25,7-23-9-21-8-22-23)16(19,20)13-4-14(24,5-13)6-13/h1-3,8-9,24-25H,4-7H2/t13?,14?,15-/m1/s1. The molecule has 0 amide bonds. The van der Waals surface area contributed by atoms with Crippen molar-refractivity contribution in [1.82, 2.24) is 14.8 Å². The molecule has 1 atom stereocenters. The summed E-state index contributed by atoms with van der Waals surface area (Å²) in [7, 11) is 0. The van der Waals surface area contributed by atoms with E-state index in [9.17, 15) is 19.0 Å². The highest BCUT2D eigenvalue weighted by Gasteiger charge is 2.81. The minimum Gasteiger partial charge on any atom is -0.390 e. The third kappa shape index (κ3) is 2.08. The Balaban J connectivity index is 1.81. The van der Waals surface area contributed by atoms with Gasteiger partial charge in [0.05, 0.1) is 12.1 Å². The van der Waals surface area contributed by atoms with Crippen molar-refractivity contribution in [2.24, 2.45) is 5.41 Å². The lowest BCUT2D eigenvalue weighted by molar-refractivity contribution is -0.386. The SMILES string of the molecule is OC12CC(C(F)(F)[C@@](O)(Cn3cncn3)c3ccc(F)cc3F)(C1)C2. The quantitative estimate of drug-likeness (QED) is 0.803. The Hall–Kier alpha value is -2.00. The number of halogens is 4. The van der Waals surface area contributed by atoms with Crippen LogP contribution in [0, 0.1) is 17.0 Å². The summed E-state index contributed by atoms with van der Waals surface area (Å²) in [6.45, 7) is -0.761. The lowest BCUT2D eigenvalue weighted by Crippen LogP contribution is -2.77. The van der Waals surface area contributed by atoms with Gasteiger partial charge in [-0.05, 0) is 31.4 Å². The molecule has 1 aromatic carbocycles. The maximum absolute atomic E-state index is 15.4. The molecule has 134 valence electrons. The van der Waals surface area contributed by atoms with Gasteiger partial charge in [-0.1, -0.05) is 0 Å². The molecule has 3 fully saturated rings. The summed E-state index contributed by atoms with van der Waals surface area (Å²) in [6.07, 6.45) is 1.71. The molecule has 1 heterocycles. The van der Waals surface area contributed by atoms with E-state index in [4.69, 9.17) is 0 Å². The Morgan fingerprint density at radius 2 is 1.88 bits per heavy atom. The topological polar surface area (TPSA) is 71.2 Å². The monoisotopic (exact) mass is 357 g/mol. The normalized spacial score (nSPS) is 30.3. The Bertz CT molecular complexity index is 807. The summed E-state index contributed by atoms with van der Waals surface area (Å²) in [5.74, 6) is -5.98. The van der Waals surface area contributed by atoms with Crippen molar-refractivity contribution in [3.05, 3.63) is 48.1 Å². The minimum absolute atomic E-state index is 0.171. The molecule has 2 N–H and O–H groups in total. The zero-order chi connectivity index (χ0) is 18.1. The average molecular weight is 357 g/mol. The molecule has 5 nitrogen and oxygen atoms in total. The Kier molecular flexibility index (Phi) is 3.16.